The summed E-state index contributed by atoms with van der Waals surface area (Å²) >= 11 is 5.43. The number of anilines is 4. The van der Waals surface area contributed by atoms with Gasteiger partial charge in [0.1, 0.15) is 0 Å². The summed E-state index contributed by atoms with van der Waals surface area (Å²) < 4.78 is 10.9. The van der Waals surface area contributed by atoms with Crippen LogP contribution in [0.5, 0.6) is 0 Å². The Labute approximate surface area is 187 Å². The molecule has 0 amide bonds. The van der Waals surface area contributed by atoms with Crippen molar-refractivity contribution in [2.75, 3.05) is 73.1 Å². The normalized spacial score (nSPS) is 16.7. The minimum absolute atomic E-state index is 0.405. The van der Waals surface area contributed by atoms with Gasteiger partial charge in [-0.2, -0.15) is 15.0 Å². The van der Waals surface area contributed by atoms with Gasteiger partial charge in [-0.25, -0.2) is 0 Å². The van der Waals surface area contributed by atoms with Gasteiger partial charge in [-0.3, -0.25) is 10.9 Å². The first kappa shape index (κ1) is 21.5. The molecule has 3 heterocycles. The fourth-order valence-corrected chi connectivity index (χ4v) is 3.60. The summed E-state index contributed by atoms with van der Waals surface area (Å²) in [5.41, 5.74) is 9.28. The first-order valence-corrected chi connectivity index (χ1v) is 10.8. The van der Waals surface area contributed by atoms with E-state index in [0.717, 1.165) is 37.4 Å². The zero-order valence-corrected chi connectivity index (χ0v) is 18.7. The summed E-state index contributed by atoms with van der Waals surface area (Å²) in [6.07, 6.45) is 0. The average Bonchev–Trinajstić information content (AvgIpc) is 2.80. The van der Waals surface area contributed by atoms with Gasteiger partial charge >= 0.3 is 0 Å². The van der Waals surface area contributed by atoms with Crippen molar-refractivity contribution in [1.82, 2.24) is 20.4 Å². The topological polar surface area (TPSA) is 99.7 Å². The Balaban J connectivity index is 1.47. The molecule has 1 aromatic heterocycles. The van der Waals surface area contributed by atoms with Gasteiger partial charge in [0, 0.05) is 31.9 Å². The van der Waals surface area contributed by atoms with Crippen molar-refractivity contribution in [3.05, 3.63) is 29.3 Å². The van der Waals surface area contributed by atoms with E-state index in [1.54, 1.807) is 0 Å². The molecule has 31 heavy (non-hydrogen) atoms. The van der Waals surface area contributed by atoms with Crippen molar-refractivity contribution in [2.24, 2.45) is 0 Å². The third-order valence-electron chi connectivity index (χ3n) is 5.12. The number of nitrogens with one attached hydrogen (secondary N) is 3. The highest BCUT2D eigenvalue weighted by Gasteiger charge is 2.20. The molecule has 1 aromatic carbocycles. The quantitative estimate of drug-likeness (QED) is 0.462. The highest BCUT2D eigenvalue weighted by molar-refractivity contribution is 7.80. The molecule has 0 atom stereocenters. The van der Waals surface area contributed by atoms with Crippen molar-refractivity contribution in [1.29, 1.82) is 0 Å². The molecular formula is C20H28N8O2S. The zero-order chi connectivity index (χ0) is 21.6. The lowest BCUT2D eigenvalue weighted by Gasteiger charge is -2.30. The molecule has 0 bridgehead atoms. The molecule has 4 rings (SSSR count). The van der Waals surface area contributed by atoms with E-state index in [9.17, 15) is 0 Å². The van der Waals surface area contributed by atoms with Gasteiger partial charge in [0.2, 0.25) is 17.8 Å². The standard InChI is InChI=1S/C20H28N8O2S/c1-14-3-4-16(15(2)13-14)21-20(31)26-25-17-22-18(27-5-9-29-10-6-27)24-19(23-17)28-7-11-30-12-8-28/h3-4,13H,5-12H2,1-2H3,(H2,21,26,31)(H,22,23,24,25). The molecule has 2 aliphatic heterocycles. The molecule has 0 unspecified atom stereocenters. The number of hydrazine groups is 1. The SMILES string of the molecule is Cc1ccc(NC(=S)NNc2nc(N3CCOCC3)nc(N3CCOCC3)n2)c(C)c1. The molecule has 2 aromatic rings. The number of aryl methyl sites for hydroxylation is 2. The van der Waals surface area contributed by atoms with Crippen LogP contribution in [0.1, 0.15) is 11.1 Å². The van der Waals surface area contributed by atoms with E-state index in [1.165, 1.54) is 5.56 Å². The lowest BCUT2D eigenvalue weighted by atomic mass is 10.1. The summed E-state index contributed by atoms with van der Waals surface area (Å²) in [6, 6.07) is 6.16. The molecule has 11 heteroatoms. The fraction of sp³-hybridized carbons (Fsp3) is 0.500. The molecule has 10 nitrogen and oxygen atoms in total. The number of thiocarbonyl (C=S) groups is 1. The second-order valence-electron chi connectivity index (χ2n) is 7.48. The number of aromatic nitrogens is 3. The Bertz CT molecular complexity index is 880. The van der Waals surface area contributed by atoms with Crippen LogP contribution in [0.2, 0.25) is 0 Å². The van der Waals surface area contributed by atoms with E-state index in [2.05, 4.69) is 48.9 Å². The van der Waals surface area contributed by atoms with Crippen LogP contribution >= 0.6 is 12.2 Å². The molecule has 0 spiro atoms. The van der Waals surface area contributed by atoms with E-state index in [-0.39, 0.29) is 0 Å². The molecule has 2 saturated heterocycles. The van der Waals surface area contributed by atoms with E-state index in [0.29, 0.717) is 49.4 Å². The largest absolute Gasteiger partial charge is 0.378 e. The molecule has 2 fully saturated rings. The minimum Gasteiger partial charge on any atom is -0.378 e. The number of hydrogen-bond acceptors (Lipinski definition) is 9. The van der Waals surface area contributed by atoms with Crippen LogP contribution in [0.3, 0.4) is 0 Å². The zero-order valence-electron chi connectivity index (χ0n) is 17.8. The second kappa shape index (κ2) is 10.0. The van der Waals surface area contributed by atoms with Crippen LogP contribution in [-0.4, -0.2) is 72.7 Å². The van der Waals surface area contributed by atoms with Gasteiger partial charge in [0.15, 0.2) is 5.11 Å². The number of ether oxygens (including phenoxy) is 2. The van der Waals surface area contributed by atoms with E-state index in [4.69, 9.17) is 26.7 Å². The maximum absolute atomic E-state index is 5.46. The number of morpholine rings is 2. The van der Waals surface area contributed by atoms with Crippen LogP contribution in [0, 0.1) is 13.8 Å². The molecule has 166 valence electrons. The fourth-order valence-electron chi connectivity index (χ4n) is 3.44. The first-order valence-electron chi connectivity index (χ1n) is 10.4. The Morgan fingerprint density at radius 3 is 2.03 bits per heavy atom. The maximum Gasteiger partial charge on any atom is 0.248 e. The highest BCUT2D eigenvalue weighted by Crippen LogP contribution is 2.19. The highest BCUT2D eigenvalue weighted by atomic mass is 32.1. The number of benzene rings is 1. The maximum atomic E-state index is 5.46. The molecule has 2 aliphatic rings. The van der Waals surface area contributed by atoms with E-state index in [1.807, 2.05) is 19.1 Å². The third kappa shape index (κ3) is 5.69. The Morgan fingerprint density at radius 2 is 1.48 bits per heavy atom. The van der Waals surface area contributed by atoms with E-state index >= 15 is 0 Å². The van der Waals surface area contributed by atoms with Gasteiger partial charge in [0.05, 0.1) is 26.4 Å². The number of rotatable bonds is 5. The van der Waals surface area contributed by atoms with Crippen LogP contribution in [-0.2, 0) is 9.47 Å². The van der Waals surface area contributed by atoms with Crippen LogP contribution in [0.15, 0.2) is 18.2 Å². The van der Waals surface area contributed by atoms with Crippen molar-refractivity contribution >= 4 is 40.9 Å². The van der Waals surface area contributed by atoms with Crippen molar-refractivity contribution in [2.45, 2.75) is 13.8 Å². The lowest BCUT2D eigenvalue weighted by Crippen LogP contribution is -2.40. The lowest BCUT2D eigenvalue weighted by molar-refractivity contribution is 0.121. The van der Waals surface area contributed by atoms with Crippen LogP contribution in [0.4, 0.5) is 23.5 Å². The Kier molecular flexibility index (Phi) is 6.95. The van der Waals surface area contributed by atoms with Gasteiger partial charge < -0.3 is 24.6 Å². The monoisotopic (exact) mass is 444 g/mol. The Morgan fingerprint density at radius 1 is 0.903 bits per heavy atom. The summed E-state index contributed by atoms with van der Waals surface area (Å²) in [5, 5.41) is 3.62. The predicted octanol–water partition coefficient (Wildman–Crippen LogP) is 1.48. The summed E-state index contributed by atoms with van der Waals surface area (Å²) in [6.45, 7) is 9.70. The summed E-state index contributed by atoms with van der Waals surface area (Å²) in [4.78, 5) is 18.1. The number of hydrogen-bond donors (Lipinski definition) is 3. The van der Waals surface area contributed by atoms with Crippen LogP contribution < -0.4 is 26.0 Å². The third-order valence-corrected chi connectivity index (χ3v) is 5.32. The average molecular weight is 445 g/mol. The van der Waals surface area contributed by atoms with Crippen molar-refractivity contribution in [3.8, 4) is 0 Å². The molecule has 3 N–H and O–H groups in total. The smallest absolute Gasteiger partial charge is 0.248 e. The number of nitrogens with zero attached hydrogens (tertiary/aromatic N) is 5. The van der Waals surface area contributed by atoms with Gasteiger partial charge in [-0.05, 0) is 37.7 Å². The van der Waals surface area contributed by atoms with Gasteiger partial charge in [0.25, 0.3) is 0 Å². The van der Waals surface area contributed by atoms with Crippen molar-refractivity contribution < 1.29 is 9.47 Å². The minimum atomic E-state index is 0.405. The van der Waals surface area contributed by atoms with Crippen molar-refractivity contribution in [3.63, 3.8) is 0 Å². The molecule has 0 saturated carbocycles. The van der Waals surface area contributed by atoms with E-state index < -0.39 is 0 Å². The van der Waals surface area contributed by atoms with Gasteiger partial charge in [-0.15, -0.1) is 0 Å². The summed E-state index contributed by atoms with van der Waals surface area (Å²) in [5.74, 6) is 1.65. The molecule has 0 radical (unpaired) electrons. The second-order valence-corrected chi connectivity index (χ2v) is 7.89. The first-order chi connectivity index (χ1) is 15.1. The molecular weight excluding hydrogens is 416 g/mol. The van der Waals surface area contributed by atoms with Gasteiger partial charge in [-0.1, -0.05) is 17.7 Å². The summed E-state index contributed by atoms with van der Waals surface area (Å²) in [7, 11) is 0. The Hall–Kier alpha value is -2.76. The molecule has 0 aliphatic carbocycles. The van der Waals surface area contributed by atoms with Crippen LogP contribution in [0.25, 0.3) is 0 Å². The predicted molar refractivity (Wildman–Crippen MR) is 125 cm³/mol.